The third-order valence-electron chi connectivity index (χ3n) is 3.63. The Balaban J connectivity index is 2.11. The van der Waals surface area contributed by atoms with Crippen molar-refractivity contribution in [1.29, 1.82) is 0 Å². The minimum absolute atomic E-state index is 0.0271. The quantitative estimate of drug-likeness (QED) is 0.880. The highest BCUT2D eigenvalue weighted by Gasteiger charge is 2.19. The van der Waals surface area contributed by atoms with E-state index in [9.17, 15) is 4.79 Å². The predicted molar refractivity (Wildman–Crippen MR) is 90.3 cm³/mol. The fraction of sp³-hybridized carbons (Fsp3) is 0.438. The van der Waals surface area contributed by atoms with Crippen molar-refractivity contribution in [1.82, 2.24) is 14.8 Å². The van der Waals surface area contributed by atoms with Crippen molar-refractivity contribution in [2.45, 2.75) is 45.0 Å². The van der Waals surface area contributed by atoms with E-state index in [2.05, 4.69) is 34.6 Å². The van der Waals surface area contributed by atoms with Gasteiger partial charge in [0.1, 0.15) is 5.82 Å². The highest BCUT2D eigenvalue weighted by Crippen LogP contribution is 2.25. The van der Waals surface area contributed by atoms with Gasteiger partial charge in [-0.15, -0.1) is 10.2 Å². The van der Waals surface area contributed by atoms with Crippen LogP contribution in [0.4, 0.5) is 5.69 Å². The number of benzene rings is 1. The summed E-state index contributed by atoms with van der Waals surface area (Å²) in [5.74, 6) is 0.807. The lowest BCUT2D eigenvalue weighted by atomic mass is 10.1. The van der Waals surface area contributed by atoms with Gasteiger partial charge in [-0.3, -0.25) is 4.79 Å². The van der Waals surface area contributed by atoms with Crippen LogP contribution in [0.3, 0.4) is 0 Å². The molecule has 0 fully saturated rings. The molecule has 0 radical (unpaired) electrons. The summed E-state index contributed by atoms with van der Waals surface area (Å²) in [6.45, 7) is 9.85. The van der Waals surface area contributed by atoms with Gasteiger partial charge in [-0.05, 0) is 45.7 Å². The summed E-state index contributed by atoms with van der Waals surface area (Å²) < 4.78 is 1.89. The third-order valence-corrected chi connectivity index (χ3v) is 4.76. The number of carbonyl (C=O) groups excluding carboxylic acids is 1. The van der Waals surface area contributed by atoms with Crippen molar-refractivity contribution in [3.8, 4) is 0 Å². The molecule has 0 saturated carbocycles. The summed E-state index contributed by atoms with van der Waals surface area (Å²) in [4.78, 5) is 12.4. The van der Waals surface area contributed by atoms with Gasteiger partial charge in [0, 0.05) is 12.7 Å². The molecule has 1 aromatic heterocycles. The number of thioether (sulfide) groups is 1. The van der Waals surface area contributed by atoms with Crippen LogP contribution in [0.15, 0.2) is 17.3 Å². The Bertz CT molecular complexity index is 685. The van der Waals surface area contributed by atoms with Gasteiger partial charge in [-0.25, -0.2) is 0 Å². The molecule has 0 aliphatic heterocycles. The number of aryl methyl sites for hydroxylation is 4. The second-order valence-corrected chi connectivity index (χ2v) is 6.92. The predicted octanol–water partition coefficient (Wildman–Crippen LogP) is 3.17. The first-order valence-electron chi connectivity index (χ1n) is 7.21. The Morgan fingerprint density at radius 2 is 1.77 bits per heavy atom. The van der Waals surface area contributed by atoms with Crippen molar-refractivity contribution < 1.29 is 4.79 Å². The monoisotopic (exact) mass is 318 g/mol. The van der Waals surface area contributed by atoms with Crippen LogP contribution in [0.2, 0.25) is 0 Å². The lowest BCUT2D eigenvalue weighted by Crippen LogP contribution is -2.23. The standard InChI is InChI=1S/C16H22N4OS/c1-9-7-10(2)14(11(3)8-9)17-15(21)12(4)22-16-19-18-13(5)20(16)6/h7-8,12H,1-6H3,(H,17,21)/t12-/m1/s1. The maximum Gasteiger partial charge on any atom is 0.237 e. The first kappa shape index (κ1) is 16.5. The van der Waals surface area contributed by atoms with E-state index in [1.165, 1.54) is 17.3 Å². The van der Waals surface area contributed by atoms with E-state index in [1.54, 1.807) is 0 Å². The van der Waals surface area contributed by atoms with Gasteiger partial charge >= 0.3 is 0 Å². The number of hydrogen-bond donors (Lipinski definition) is 1. The zero-order chi connectivity index (χ0) is 16.4. The van der Waals surface area contributed by atoms with Crippen molar-refractivity contribution >= 4 is 23.4 Å². The molecule has 2 aromatic rings. The minimum atomic E-state index is -0.248. The second kappa shape index (κ2) is 6.52. The molecule has 1 aromatic carbocycles. The fourth-order valence-electron chi connectivity index (χ4n) is 2.30. The number of nitrogens with one attached hydrogen (secondary N) is 1. The number of aromatic nitrogens is 3. The molecule has 1 atom stereocenters. The van der Waals surface area contributed by atoms with Crippen LogP contribution in [0.1, 0.15) is 29.4 Å². The SMILES string of the molecule is Cc1cc(C)c(NC(=O)[C@@H](C)Sc2nnc(C)n2C)c(C)c1. The lowest BCUT2D eigenvalue weighted by Gasteiger charge is -2.16. The Morgan fingerprint density at radius 1 is 1.18 bits per heavy atom. The smallest absolute Gasteiger partial charge is 0.237 e. The molecule has 2 rings (SSSR count). The minimum Gasteiger partial charge on any atom is -0.325 e. The van der Waals surface area contributed by atoms with Crippen LogP contribution in [-0.2, 0) is 11.8 Å². The van der Waals surface area contributed by atoms with Gasteiger partial charge in [0.15, 0.2) is 5.16 Å². The molecular formula is C16H22N4OS. The average molecular weight is 318 g/mol. The molecule has 22 heavy (non-hydrogen) atoms. The maximum absolute atomic E-state index is 12.4. The maximum atomic E-state index is 12.4. The van der Waals surface area contributed by atoms with Gasteiger partial charge < -0.3 is 9.88 Å². The summed E-state index contributed by atoms with van der Waals surface area (Å²) in [5, 5.41) is 11.6. The molecule has 1 amide bonds. The van der Waals surface area contributed by atoms with Gasteiger partial charge in [0.25, 0.3) is 0 Å². The van der Waals surface area contributed by atoms with Crippen LogP contribution in [0, 0.1) is 27.7 Å². The van der Waals surface area contributed by atoms with Crippen molar-refractivity contribution in [2.24, 2.45) is 7.05 Å². The molecular weight excluding hydrogens is 296 g/mol. The summed E-state index contributed by atoms with van der Waals surface area (Å²) in [5.41, 5.74) is 4.26. The molecule has 1 N–H and O–H groups in total. The van der Waals surface area contributed by atoms with Crippen molar-refractivity contribution in [2.75, 3.05) is 5.32 Å². The molecule has 0 saturated heterocycles. The van der Waals surface area contributed by atoms with Gasteiger partial charge in [0.05, 0.1) is 5.25 Å². The number of rotatable bonds is 4. The lowest BCUT2D eigenvalue weighted by molar-refractivity contribution is -0.115. The summed E-state index contributed by atoms with van der Waals surface area (Å²) in [6.07, 6.45) is 0. The van der Waals surface area contributed by atoms with Gasteiger partial charge in [-0.2, -0.15) is 0 Å². The van der Waals surface area contributed by atoms with E-state index in [0.29, 0.717) is 0 Å². The van der Waals surface area contributed by atoms with Gasteiger partial charge in [0.2, 0.25) is 5.91 Å². The van der Waals surface area contributed by atoms with E-state index in [0.717, 1.165) is 27.8 Å². The topological polar surface area (TPSA) is 59.8 Å². The molecule has 0 spiro atoms. The zero-order valence-corrected chi connectivity index (χ0v) is 14.7. The Kier molecular flexibility index (Phi) is 4.90. The van der Waals surface area contributed by atoms with Crippen molar-refractivity contribution in [3.63, 3.8) is 0 Å². The first-order valence-corrected chi connectivity index (χ1v) is 8.09. The van der Waals surface area contributed by atoms with Gasteiger partial charge in [-0.1, -0.05) is 29.5 Å². The number of anilines is 1. The largest absolute Gasteiger partial charge is 0.325 e. The Labute approximate surface area is 135 Å². The number of carbonyl (C=O) groups is 1. The first-order chi connectivity index (χ1) is 10.3. The molecule has 0 bridgehead atoms. The van der Waals surface area contributed by atoms with Crippen molar-refractivity contribution in [3.05, 3.63) is 34.6 Å². The van der Waals surface area contributed by atoms with E-state index < -0.39 is 0 Å². The van der Waals surface area contributed by atoms with E-state index in [1.807, 2.05) is 39.3 Å². The highest BCUT2D eigenvalue weighted by atomic mass is 32.2. The van der Waals surface area contributed by atoms with Crippen LogP contribution >= 0.6 is 11.8 Å². The van der Waals surface area contributed by atoms with E-state index in [4.69, 9.17) is 0 Å². The van der Waals surface area contributed by atoms with Crippen LogP contribution in [-0.4, -0.2) is 25.9 Å². The Hall–Kier alpha value is -1.82. The van der Waals surface area contributed by atoms with Crippen LogP contribution < -0.4 is 5.32 Å². The van der Waals surface area contributed by atoms with Crippen LogP contribution in [0.5, 0.6) is 0 Å². The molecule has 0 aliphatic rings. The highest BCUT2D eigenvalue weighted by molar-refractivity contribution is 8.00. The summed E-state index contributed by atoms with van der Waals surface area (Å²) >= 11 is 1.41. The number of amides is 1. The molecule has 0 unspecified atom stereocenters. The normalized spacial score (nSPS) is 12.3. The van der Waals surface area contributed by atoms with E-state index >= 15 is 0 Å². The molecule has 0 aliphatic carbocycles. The van der Waals surface area contributed by atoms with Crippen LogP contribution in [0.25, 0.3) is 0 Å². The Morgan fingerprint density at radius 3 is 2.27 bits per heavy atom. The molecule has 118 valence electrons. The number of nitrogens with zero attached hydrogens (tertiary/aromatic N) is 3. The molecule has 5 nitrogen and oxygen atoms in total. The summed E-state index contributed by atoms with van der Waals surface area (Å²) in [7, 11) is 1.90. The average Bonchev–Trinajstić information content (AvgIpc) is 2.74. The fourth-order valence-corrected chi connectivity index (χ4v) is 3.16. The molecule has 1 heterocycles. The van der Waals surface area contributed by atoms with E-state index in [-0.39, 0.29) is 11.2 Å². The zero-order valence-electron chi connectivity index (χ0n) is 13.9. The summed E-state index contributed by atoms with van der Waals surface area (Å²) in [6, 6.07) is 4.15. The second-order valence-electron chi connectivity index (χ2n) is 5.61. The molecule has 6 heteroatoms. The number of hydrogen-bond acceptors (Lipinski definition) is 4. The third kappa shape index (κ3) is 3.50.